The van der Waals surface area contributed by atoms with Gasteiger partial charge in [0.15, 0.2) is 11.5 Å². The van der Waals surface area contributed by atoms with Gasteiger partial charge >= 0.3 is 0 Å². The second kappa shape index (κ2) is 7.48. The molecule has 0 aliphatic rings. The molecule has 1 atom stereocenters. The Morgan fingerprint density at radius 1 is 1.05 bits per heavy atom. The highest BCUT2D eigenvalue weighted by atomic mass is 79.9. The van der Waals surface area contributed by atoms with Crippen molar-refractivity contribution in [1.29, 1.82) is 0 Å². The number of para-hydroxylation sites is 1. The van der Waals surface area contributed by atoms with Gasteiger partial charge in [0.25, 0.3) is 0 Å². The minimum Gasteiger partial charge on any atom is -0.493 e. The lowest BCUT2D eigenvalue weighted by Gasteiger charge is -2.18. The fourth-order valence-corrected chi connectivity index (χ4v) is 2.92. The number of rotatable bonds is 6. The van der Waals surface area contributed by atoms with E-state index in [4.69, 9.17) is 9.47 Å². The third kappa shape index (κ3) is 3.77. The fraction of sp³-hybridized carbons (Fsp3) is 0.294. The minimum atomic E-state index is 0.233. The van der Waals surface area contributed by atoms with Crippen molar-refractivity contribution in [2.45, 2.75) is 19.5 Å². The van der Waals surface area contributed by atoms with Crippen LogP contribution in [0.5, 0.6) is 11.5 Å². The molecule has 0 aliphatic heterocycles. The van der Waals surface area contributed by atoms with Gasteiger partial charge in [-0.3, -0.25) is 0 Å². The van der Waals surface area contributed by atoms with E-state index in [1.807, 2.05) is 30.3 Å². The molecule has 112 valence electrons. The van der Waals surface area contributed by atoms with Crippen molar-refractivity contribution in [3.63, 3.8) is 0 Å². The first-order chi connectivity index (χ1) is 10.2. The van der Waals surface area contributed by atoms with Crippen LogP contribution in [0.1, 0.15) is 24.1 Å². The van der Waals surface area contributed by atoms with Crippen molar-refractivity contribution in [1.82, 2.24) is 5.32 Å². The van der Waals surface area contributed by atoms with Gasteiger partial charge in [-0.2, -0.15) is 0 Å². The van der Waals surface area contributed by atoms with E-state index in [0.29, 0.717) is 6.54 Å². The van der Waals surface area contributed by atoms with Crippen molar-refractivity contribution < 1.29 is 9.47 Å². The van der Waals surface area contributed by atoms with Gasteiger partial charge in [0.2, 0.25) is 0 Å². The first kappa shape index (κ1) is 15.9. The maximum Gasteiger partial charge on any atom is 0.165 e. The van der Waals surface area contributed by atoms with Gasteiger partial charge in [-0.1, -0.05) is 46.3 Å². The lowest BCUT2D eigenvalue weighted by Crippen LogP contribution is -2.19. The van der Waals surface area contributed by atoms with E-state index in [0.717, 1.165) is 21.5 Å². The van der Waals surface area contributed by atoms with E-state index in [9.17, 15) is 0 Å². The Hall–Kier alpha value is -1.52. The van der Waals surface area contributed by atoms with E-state index in [2.05, 4.69) is 40.3 Å². The predicted octanol–water partition coefficient (Wildman–Crippen LogP) is 4.32. The molecule has 0 saturated carbocycles. The normalized spacial score (nSPS) is 12.0. The average Bonchev–Trinajstić information content (AvgIpc) is 2.52. The molecule has 0 fully saturated rings. The first-order valence-corrected chi connectivity index (χ1v) is 7.64. The monoisotopic (exact) mass is 349 g/mol. The molecule has 0 unspecified atom stereocenters. The first-order valence-electron chi connectivity index (χ1n) is 6.85. The van der Waals surface area contributed by atoms with Crippen molar-refractivity contribution in [3.8, 4) is 11.5 Å². The zero-order valence-electron chi connectivity index (χ0n) is 12.5. The molecule has 0 aliphatic carbocycles. The Morgan fingerprint density at radius 2 is 1.81 bits per heavy atom. The second-order valence-electron chi connectivity index (χ2n) is 4.78. The van der Waals surface area contributed by atoms with Crippen LogP contribution >= 0.6 is 15.9 Å². The molecule has 4 heteroatoms. The van der Waals surface area contributed by atoms with Gasteiger partial charge in [0, 0.05) is 22.6 Å². The molecule has 3 nitrogen and oxygen atoms in total. The molecule has 0 bridgehead atoms. The summed E-state index contributed by atoms with van der Waals surface area (Å²) in [6.45, 7) is 2.86. The van der Waals surface area contributed by atoms with Gasteiger partial charge in [0.1, 0.15) is 0 Å². The standard InChI is InChI=1S/C17H20BrNO2/c1-12(14-8-4-5-9-15(14)18)19-11-13-7-6-10-16(20-2)17(13)21-3/h4-10,12,19H,11H2,1-3H3/t12-/m1/s1. The summed E-state index contributed by atoms with van der Waals surface area (Å²) in [5.41, 5.74) is 2.31. The number of hydrogen-bond acceptors (Lipinski definition) is 3. The highest BCUT2D eigenvalue weighted by Crippen LogP contribution is 2.31. The van der Waals surface area contributed by atoms with Crippen LogP contribution in [-0.2, 0) is 6.54 Å². The van der Waals surface area contributed by atoms with Crippen LogP contribution in [0.4, 0.5) is 0 Å². The molecule has 0 spiro atoms. The summed E-state index contributed by atoms with van der Waals surface area (Å²) in [4.78, 5) is 0. The summed E-state index contributed by atoms with van der Waals surface area (Å²) in [6, 6.07) is 14.4. The summed E-state index contributed by atoms with van der Waals surface area (Å²) in [5, 5.41) is 3.52. The van der Waals surface area contributed by atoms with Crippen LogP contribution in [-0.4, -0.2) is 14.2 Å². The number of hydrogen-bond donors (Lipinski definition) is 1. The van der Waals surface area contributed by atoms with Gasteiger partial charge in [-0.15, -0.1) is 0 Å². The maximum absolute atomic E-state index is 5.45. The Morgan fingerprint density at radius 3 is 2.48 bits per heavy atom. The Labute approximate surface area is 134 Å². The van der Waals surface area contributed by atoms with E-state index >= 15 is 0 Å². The molecular formula is C17H20BrNO2. The lowest BCUT2D eigenvalue weighted by molar-refractivity contribution is 0.350. The molecular weight excluding hydrogens is 330 g/mol. The summed E-state index contributed by atoms with van der Waals surface area (Å²) >= 11 is 3.59. The SMILES string of the molecule is COc1cccc(CN[C@H](C)c2ccccc2Br)c1OC. The molecule has 0 radical (unpaired) electrons. The number of benzene rings is 2. The van der Waals surface area contributed by atoms with E-state index in [1.54, 1.807) is 14.2 Å². The van der Waals surface area contributed by atoms with Crippen LogP contribution in [0, 0.1) is 0 Å². The fourth-order valence-electron chi connectivity index (χ4n) is 2.29. The summed E-state index contributed by atoms with van der Waals surface area (Å²) in [6.07, 6.45) is 0. The largest absolute Gasteiger partial charge is 0.493 e. The molecule has 1 N–H and O–H groups in total. The van der Waals surface area contributed by atoms with Gasteiger partial charge < -0.3 is 14.8 Å². The summed E-state index contributed by atoms with van der Waals surface area (Å²) in [7, 11) is 3.32. The van der Waals surface area contributed by atoms with Gasteiger partial charge in [0.05, 0.1) is 14.2 Å². The quantitative estimate of drug-likeness (QED) is 0.842. The molecule has 0 amide bonds. The predicted molar refractivity (Wildman–Crippen MR) is 88.9 cm³/mol. The van der Waals surface area contributed by atoms with Crippen molar-refractivity contribution >= 4 is 15.9 Å². The van der Waals surface area contributed by atoms with E-state index < -0.39 is 0 Å². The number of ether oxygens (including phenoxy) is 2. The van der Waals surface area contributed by atoms with E-state index in [1.165, 1.54) is 5.56 Å². The zero-order chi connectivity index (χ0) is 15.2. The van der Waals surface area contributed by atoms with Gasteiger partial charge in [-0.25, -0.2) is 0 Å². The molecule has 21 heavy (non-hydrogen) atoms. The summed E-state index contributed by atoms with van der Waals surface area (Å²) < 4.78 is 11.9. The van der Waals surface area contributed by atoms with Crippen molar-refractivity contribution in [3.05, 3.63) is 58.1 Å². The number of nitrogens with one attached hydrogen (secondary N) is 1. The van der Waals surface area contributed by atoms with Crippen molar-refractivity contribution in [2.75, 3.05) is 14.2 Å². The molecule has 0 heterocycles. The van der Waals surface area contributed by atoms with Gasteiger partial charge in [-0.05, 0) is 24.6 Å². The Balaban J connectivity index is 2.11. The second-order valence-corrected chi connectivity index (χ2v) is 5.63. The molecule has 2 rings (SSSR count). The molecule has 2 aromatic rings. The van der Waals surface area contributed by atoms with Crippen LogP contribution in [0.2, 0.25) is 0 Å². The highest BCUT2D eigenvalue weighted by Gasteiger charge is 2.12. The van der Waals surface area contributed by atoms with Crippen LogP contribution < -0.4 is 14.8 Å². The number of methoxy groups -OCH3 is 2. The van der Waals surface area contributed by atoms with Crippen LogP contribution in [0.3, 0.4) is 0 Å². The topological polar surface area (TPSA) is 30.5 Å². The molecule has 0 aromatic heterocycles. The van der Waals surface area contributed by atoms with Crippen LogP contribution in [0.15, 0.2) is 46.9 Å². The van der Waals surface area contributed by atoms with Crippen LogP contribution in [0.25, 0.3) is 0 Å². The Kier molecular flexibility index (Phi) is 5.65. The third-order valence-electron chi connectivity index (χ3n) is 3.45. The molecule has 2 aromatic carbocycles. The smallest absolute Gasteiger partial charge is 0.165 e. The average molecular weight is 350 g/mol. The van der Waals surface area contributed by atoms with Crippen molar-refractivity contribution in [2.24, 2.45) is 0 Å². The number of halogens is 1. The molecule has 0 saturated heterocycles. The maximum atomic E-state index is 5.45. The van der Waals surface area contributed by atoms with E-state index in [-0.39, 0.29) is 6.04 Å². The minimum absolute atomic E-state index is 0.233. The lowest BCUT2D eigenvalue weighted by atomic mass is 10.1. The third-order valence-corrected chi connectivity index (χ3v) is 4.18. The summed E-state index contributed by atoms with van der Waals surface area (Å²) in [5.74, 6) is 1.54. The highest BCUT2D eigenvalue weighted by molar-refractivity contribution is 9.10. The Bertz CT molecular complexity index is 601. The zero-order valence-corrected chi connectivity index (χ0v) is 14.1.